The molecule has 0 aliphatic heterocycles. The van der Waals surface area contributed by atoms with Gasteiger partial charge in [-0.2, -0.15) is 0 Å². The molecule has 116 valence electrons. The van der Waals surface area contributed by atoms with Gasteiger partial charge in [0.25, 0.3) is 0 Å². The van der Waals surface area contributed by atoms with Crippen molar-refractivity contribution in [1.29, 1.82) is 0 Å². The molecule has 0 saturated heterocycles. The third-order valence-electron chi connectivity index (χ3n) is 3.23. The first-order valence-electron chi connectivity index (χ1n) is 7.22. The lowest BCUT2D eigenvalue weighted by Crippen LogP contribution is -2.17. The summed E-state index contributed by atoms with van der Waals surface area (Å²) in [5.74, 6) is -0.308. The fourth-order valence-corrected chi connectivity index (χ4v) is 1.86. The van der Waals surface area contributed by atoms with E-state index in [1.165, 1.54) is 18.4 Å². The standard InChI is InChI=1S/C9H9N3.C7H11NO2/c1-10-7-2-3-8-9(6-7)12-5-4-11-8;9-7(8-10)3-1-2-6-4-5-6/h2-6,10H,1H3;2,10H,1,3-5H2,(H,8,9). The third-order valence-corrected chi connectivity index (χ3v) is 3.23. The maximum absolute atomic E-state index is 10.4. The molecule has 0 radical (unpaired) electrons. The van der Waals surface area contributed by atoms with Gasteiger partial charge in [-0.3, -0.25) is 20.0 Å². The van der Waals surface area contributed by atoms with E-state index in [0.717, 1.165) is 23.1 Å². The van der Waals surface area contributed by atoms with Gasteiger partial charge >= 0.3 is 0 Å². The van der Waals surface area contributed by atoms with Crippen molar-refractivity contribution in [3.8, 4) is 0 Å². The highest BCUT2D eigenvalue weighted by Crippen LogP contribution is 2.27. The first-order valence-corrected chi connectivity index (χ1v) is 7.22. The average molecular weight is 300 g/mol. The van der Waals surface area contributed by atoms with E-state index < -0.39 is 0 Å². The number of hydrogen-bond donors (Lipinski definition) is 3. The quantitative estimate of drug-likeness (QED) is 0.459. The lowest BCUT2D eigenvalue weighted by atomic mass is 10.2. The summed E-state index contributed by atoms with van der Waals surface area (Å²) in [6.45, 7) is 0. The van der Waals surface area contributed by atoms with Gasteiger partial charge in [-0.25, -0.2) is 5.48 Å². The molecule has 0 unspecified atom stereocenters. The largest absolute Gasteiger partial charge is 0.388 e. The van der Waals surface area contributed by atoms with Gasteiger partial charge < -0.3 is 5.32 Å². The summed E-state index contributed by atoms with van der Waals surface area (Å²) in [5.41, 5.74) is 5.93. The van der Waals surface area contributed by atoms with E-state index in [9.17, 15) is 4.79 Å². The fraction of sp³-hybridized carbons (Fsp3) is 0.312. The highest BCUT2D eigenvalue weighted by Gasteiger charge is 2.09. The number of hydroxylamine groups is 1. The summed E-state index contributed by atoms with van der Waals surface area (Å²) in [6.07, 6.45) is 8.99. The highest BCUT2D eigenvalue weighted by atomic mass is 16.5. The number of anilines is 1. The minimum atomic E-state index is -0.308. The van der Waals surface area contributed by atoms with Crippen LogP contribution in [0.3, 0.4) is 0 Å². The third kappa shape index (κ3) is 5.14. The zero-order valence-electron chi connectivity index (χ0n) is 12.5. The van der Waals surface area contributed by atoms with Crippen LogP contribution in [0.4, 0.5) is 5.69 Å². The minimum Gasteiger partial charge on any atom is -0.388 e. The number of aromatic nitrogens is 2. The van der Waals surface area contributed by atoms with Crippen LogP contribution >= 0.6 is 0 Å². The molecular weight excluding hydrogens is 280 g/mol. The van der Waals surface area contributed by atoms with E-state index in [4.69, 9.17) is 5.21 Å². The molecule has 0 bridgehead atoms. The number of rotatable bonds is 4. The van der Waals surface area contributed by atoms with Gasteiger partial charge in [0.05, 0.1) is 11.0 Å². The Bertz CT molecular complexity index is 664. The zero-order valence-corrected chi connectivity index (χ0v) is 12.5. The molecule has 6 nitrogen and oxygen atoms in total. The van der Waals surface area contributed by atoms with E-state index in [-0.39, 0.29) is 5.91 Å². The normalized spacial score (nSPS) is 12.2. The number of nitrogens with one attached hydrogen (secondary N) is 2. The number of allylic oxidation sites excluding steroid dienone is 2. The maximum atomic E-state index is 10.4. The molecule has 1 heterocycles. The van der Waals surface area contributed by atoms with Crippen LogP contribution in [-0.2, 0) is 4.79 Å². The monoisotopic (exact) mass is 300 g/mol. The summed E-state index contributed by atoms with van der Waals surface area (Å²) in [4.78, 5) is 18.8. The second-order valence-electron chi connectivity index (χ2n) is 4.95. The van der Waals surface area contributed by atoms with E-state index >= 15 is 0 Å². The lowest BCUT2D eigenvalue weighted by molar-refractivity contribution is -0.129. The van der Waals surface area contributed by atoms with Gasteiger partial charge in [-0.15, -0.1) is 0 Å². The van der Waals surface area contributed by atoms with Gasteiger partial charge in [-0.1, -0.05) is 11.6 Å². The van der Waals surface area contributed by atoms with Crippen LogP contribution in [0.1, 0.15) is 25.7 Å². The predicted molar refractivity (Wildman–Crippen MR) is 85.6 cm³/mol. The summed E-state index contributed by atoms with van der Waals surface area (Å²) in [7, 11) is 1.89. The molecule has 6 heteroatoms. The molecule has 1 amide bonds. The Hall–Kier alpha value is -2.47. The molecule has 0 atom stereocenters. The molecule has 3 N–H and O–H groups in total. The van der Waals surface area contributed by atoms with Crippen molar-refractivity contribution in [2.75, 3.05) is 12.4 Å². The van der Waals surface area contributed by atoms with Crippen molar-refractivity contribution in [3.05, 3.63) is 42.2 Å². The molecule has 22 heavy (non-hydrogen) atoms. The number of amides is 1. The second kappa shape index (κ2) is 8.09. The molecule has 2 aromatic rings. The number of benzene rings is 1. The first-order chi connectivity index (χ1) is 10.7. The Morgan fingerprint density at radius 1 is 1.27 bits per heavy atom. The molecule has 1 aromatic heterocycles. The molecule has 3 rings (SSSR count). The smallest absolute Gasteiger partial charge is 0.243 e. The highest BCUT2D eigenvalue weighted by molar-refractivity contribution is 5.78. The van der Waals surface area contributed by atoms with E-state index in [1.54, 1.807) is 17.9 Å². The molecule has 0 spiro atoms. The summed E-state index contributed by atoms with van der Waals surface area (Å²) >= 11 is 0. The van der Waals surface area contributed by atoms with E-state index in [0.29, 0.717) is 6.42 Å². The van der Waals surface area contributed by atoms with Gasteiger partial charge in [-0.05, 0) is 37.5 Å². The zero-order chi connectivity index (χ0) is 15.8. The van der Waals surface area contributed by atoms with Crippen molar-refractivity contribution in [2.45, 2.75) is 25.7 Å². The van der Waals surface area contributed by atoms with Crippen LogP contribution in [0.15, 0.2) is 42.2 Å². The number of nitrogens with zero attached hydrogens (tertiary/aromatic N) is 2. The summed E-state index contributed by atoms with van der Waals surface area (Å²) in [6, 6.07) is 5.91. The fourth-order valence-electron chi connectivity index (χ4n) is 1.86. The first kappa shape index (κ1) is 15.9. The van der Waals surface area contributed by atoms with E-state index in [2.05, 4.69) is 21.4 Å². The topological polar surface area (TPSA) is 87.1 Å². The Morgan fingerprint density at radius 3 is 2.64 bits per heavy atom. The summed E-state index contributed by atoms with van der Waals surface area (Å²) in [5, 5.41) is 11.1. The van der Waals surface area contributed by atoms with Crippen LogP contribution in [0.2, 0.25) is 0 Å². The average Bonchev–Trinajstić information content (AvgIpc) is 3.39. The number of carbonyl (C=O) groups excluding carboxylic acids is 1. The van der Waals surface area contributed by atoms with Crippen molar-refractivity contribution in [2.24, 2.45) is 0 Å². The molecule has 1 aliphatic carbocycles. The number of fused-ring (bicyclic) bond motifs is 1. The molecule has 1 fully saturated rings. The molecule has 1 aliphatic rings. The van der Waals surface area contributed by atoms with Crippen LogP contribution < -0.4 is 10.8 Å². The Morgan fingerprint density at radius 2 is 2.00 bits per heavy atom. The van der Waals surface area contributed by atoms with Crippen molar-refractivity contribution >= 4 is 22.6 Å². The van der Waals surface area contributed by atoms with Crippen molar-refractivity contribution in [3.63, 3.8) is 0 Å². The van der Waals surface area contributed by atoms with E-state index in [1.807, 2.05) is 25.2 Å². The Balaban J connectivity index is 0.000000164. The van der Waals surface area contributed by atoms with Crippen molar-refractivity contribution < 1.29 is 10.0 Å². The Labute approximate surface area is 129 Å². The van der Waals surface area contributed by atoms with Gasteiger partial charge in [0.2, 0.25) is 5.91 Å². The predicted octanol–water partition coefficient (Wildman–Crippen LogP) is 2.66. The molecular formula is C16H20N4O2. The van der Waals surface area contributed by atoms with Crippen LogP contribution in [0, 0.1) is 0 Å². The number of carbonyl (C=O) groups is 1. The SMILES string of the molecule is CNc1ccc2nccnc2c1.O=C(CCC=C1CC1)NO. The number of hydrogen-bond acceptors (Lipinski definition) is 5. The van der Waals surface area contributed by atoms with Gasteiger partial charge in [0, 0.05) is 31.5 Å². The summed E-state index contributed by atoms with van der Waals surface area (Å²) < 4.78 is 0. The maximum Gasteiger partial charge on any atom is 0.243 e. The van der Waals surface area contributed by atoms with Gasteiger partial charge in [0.15, 0.2) is 0 Å². The van der Waals surface area contributed by atoms with Gasteiger partial charge in [0.1, 0.15) is 0 Å². The van der Waals surface area contributed by atoms with Crippen LogP contribution in [0.5, 0.6) is 0 Å². The molecule has 1 saturated carbocycles. The van der Waals surface area contributed by atoms with Crippen molar-refractivity contribution in [1.82, 2.24) is 15.4 Å². The Kier molecular flexibility index (Phi) is 5.85. The lowest BCUT2D eigenvalue weighted by Gasteiger charge is -1.99. The second-order valence-corrected chi connectivity index (χ2v) is 4.95. The van der Waals surface area contributed by atoms with Crippen LogP contribution in [0.25, 0.3) is 11.0 Å². The molecule has 1 aromatic carbocycles. The van der Waals surface area contributed by atoms with Crippen LogP contribution in [-0.4, -0.2) is 28.1 Å². The minimum absolute atomic E-state index is 0.308.